The number of amides is 1. The molecule has 13 heavy (non-hydrogen) atoms. The highest BCUT2D eigenvalue weighted by atomic mass is 79.9. The molecular weight excluding hydrogens is 250 g/mol. The SMILES string of the molecule is NC(=O)c1sc2ccccc2c1Br. The Morgan fingerprint density at radius 2 is 2.08 bits per heavy atom. The summed E-state index contributed by atoms with van der Waals surface area (Å²) in [5.41, 5.74) is 5.22. The molecule has 1 amide bonds. The van der Waals surface area contributed by atoms with Gasteiger partial charge in [-0.3, -0.25) is 4.79 Å². The second kappa shape index (κ2) is 3.12. The third-order valence-electron chi connectivity index (χ3n) is 1.76. The Hall–Kier alpha value is -0.870. The largest absolute Gasteiger partial charge is 0.365 e. The molecule has 0 spiro atoms. The summed E-state index contributed by atoms with van der Waals surface area (Å²) in [4.78, 5) is 11.6. The predicted octanol–water partition coefficient (Wildman–Crippen LogP) is 2.76. The summed E-state index contributed by atoms with van der Waals surface area (Å²) in [5.74, 6) is -0.381. The molecule has 0 unspecified atom stereocenters. The standard InChI is InChI=1S/C9H6BrNOS/c10-7-5-3-1-2-4-6(5)13-8(7)9(11)12/h1-4H,(H2,11,12). The van der Waals surface area contributed by atoms with E-state index in [0.717, 1.165) is 14.6 Å². The van der Waals surface area contributed by atoms with Gasteiger partial charge in [-0.25, -0.2) is 0 Å². The highest BCUT2D eigenvalue weighted by Crippen LogP contribution is 2.34. The monoisotopic (exact) mass is 255 g/mol. The van der Waals surface area contributed by atoms with Gasteiger partial charge in [0.15, 0.2) is 0 Å². The van der Waals surface area contributed by atoms with Crippen LogP contribution in [0.25, 0.3) is 10.1 Å². The van der Waals surface area contributed by atoms with E-state index in [1.165, 1.54) is 11.3 Å². The Morgan fingerprint density at radius 1 is 1.38 bits per heavy atom. The van der Waals surface area contributed by atoms with Crippen LogP contribution in [-0.2, 0) is 0 Å². The topological polar surface area (TPSA) is 43.1 Å². The van der Waals surface area contributed by atoms with E-state index in [9.17, 15) is 4.79 Å². The summed E-state index contributed by atoms with van der Waals surface area (Å²) in [6, 6.07) is 7.81. The van der Waals surface area contributed by atoms with Gasteiger partial charge in [0.05, 0.1) is 0 Å². The van der Waals surface area contributed by atoms with E-state index in [-0.39, 0.29) is 5.91 Å². The van der Waals surface area contributed by atoms with Crippen molar-refractivity contribution in [3.05, 3.63) is 33.6 Å². The molecule has 2 nitrogen and oxygen atoms in total. The molecule has 66 valence electrons. The van der Waals surface area contributed by atoms with Crippen LogP contribution >= 0.6 is 27.3 Å². The molecule has 0 fully saturated rings. The van der Waals surface area contributed by atoms with Crippen LogP contribution < -0.4 is 5.73 Å². The number of halogens is 1. The van der Waals surface area contributed by atoms with E-state index in [1.807, 2.05) is 24.3 Å². The first kappa shape index (κ1) is 8.72. The van der Waals surface area contributed by atoms with E-state index in [2.05, 4.69) is 15.9 Å². The molecule has 1 heterocycles. The molecule has 0 saturated heterocycles. The molecule has 2 N–H and O–H groups in total. The summed E-state index contributed by atoms with van der Waals surface area (Å²) >= 11 is 4.77. The molecule has 0 aliphatic carbocycles. The first-order valence-electron chi connectivity index (χ1n) is 3.67. The molecule has 0 bridgehead atoms. The lowest BCUT2D eigenvalue weighted by Gasteiger charge is -1.89. The Bertz CT molecular complexity index is 477. The fourth-order valence-corrected chi connectivity index (χ4v) is 3.03. The van der Waals surface area contributed by atoms with E-state index in [1.54, 1.807) is 0 Å². The zero-order chi connectivity index (χ0) is 9.42. The molecule has 1 aromatic carbocycles. The zero-order valence-electron chi connectivity index (χ0n) is 6.58. The predicted molar refractivity (Wildman–Crippen MR) is 58.0 cm³/mol. The maximum absolute atomic E-state index is 11.0. The summed E-state index contributed by atoms with van der Waals surface area (Å²) in [5, 5.41) is 1.04. The van der Waals surface area contributed by atoms with Crippen molar-refractivity contribution in [2.45, 2.75) is 0 Å². The highest BCUT2D eigenvalue weighted by molar-refractivity contribution is 9.10. The van der Waals surface area contributed by atoms with E-state index in [4.69, 9.17) is 5.73 Å². The van der Waals surface area contributed by atoms with Gasteiger partial charge in [-0.05, 0) is 22.0 Å². The van der Waals surface area contributed by atoms with Crippen LogP contribution in [0.2, 0.25) is 0 Å². The smallest absolute Gasteiger partial charge is 0.259 e. The molecule has 1 aromatic heterocycles. The fourth-order valence-electron chi connectivity index (χ4n) is 1.17. The quantitative estimate of drug-likeness (QED) is 0.837. The lowest BCUT2D eigenvalue weighted by Crippen LogP contribution is -2.08. The van der Waals surface area contributed by atoms with Crippen LogP contribution in [-0.4, -0.2) is 5.91 Å². The molecular formula is C9H6BrNOS. The van der Waals surface area contributed by atoms with E-state index < -0.39 is 0 Å². The van der Waals surface area contributed by atoms with E-state index in [0.29, 0.717) is 4.88 Å². The molecule has 0 aliphatic rings. The minimum atomic E-state index is -0.381. The number of hydrogen-bond acceptors (Lipinski definition) is 2. The third-order valence-corrected chi connectivity index (χ3v) is 4.03. The minimum Gasteiger partial charge on any atom is -0.365 e. The Labute approximate surface area is 87.5 Å². The number of carbonyl (C=O) groups excluding carboxylic acids is 1. The van der Waals surface area contributed by atoms with Crippen molar-refractivity contribution in [2.75, 3.05) is 0 Å². The number of thiophene rings is 1. The van der Waals surface area contributed by atoms with Gasteiger partial charge < -0.3 is 5.73 Å². The zero-order valence-corrected chi connectivity index (χ0v) is 8.98. The molecule has 0 atom stereocenters. The summed E-state index contributed by atoms with van der Waals surface area (Å²) < 4.78 is 1.88. The molecule has 0 saturated carbocycles. The second-order valence-electron chi connectivity index (χ2n) is 2.61. The number of rotatable bonds is 1. The Balaban J connectivity index is 2.81. The fraction of sp³-hybridized carbons (Fsp3) is 0. The normalized spacial score (nSPS) is 10.5. The second-order valence-corrected chi connectivity index (χ2v) is 4.45. The summed E-state index contributed by atoms with van der Waals surface area (Å²) in [6.07, 6.45) is 0. The number of primary amides is 1. The van der Waals surface area contributed by atoms with Crippen LogP contribution in [0, 0.1) is 0 Å². The number of carbonyl (C=O) groups is 1. The molecule has 0 aliphatic heterocycles. The van der Waals surface area contributed by atoms with Crippen LogP contribution in [0.3, 0.4) is 0 Å². The van der Waals surface area contributed by atoms with Crippen LogP contribution in [0.15, 0.2) is 28.7 Å². The molecule has 4 heteroatoms. The van der Waals surface area contributed by atoms with Crippen molar-refractivity contribution in [2.24, 2.45) is 5.73 Å². The maximum atomic E-state index is 11.0. The highest BCUT2D eigenvalue weighted by Gasteiger charge is 2.12. The van der Waals surface area contributed by atoms with Gasteiger partial charge in [-0.1, -0.05) is 18.2 Å². The average Bonchev–Trinajstić information content (AvgIpc) is 2.45. The van der Waals surface area contributed by atoms with Crippen molar-refractivity contribution in [1.82, 2.24) is 0 Å². The lowest BCUT2D eigenvalue weighted by atomic mass is 10.2. The first-order chi connectivity index (χ1) is 6.20. The summed E-state index contributed by atoms with van der Waals surface area (Å²) in [6.45, 7) is 0. The van der Waals surface area contributed by atoms with E-state index >= 15 is 0 Å². The number of fused-ring (bicyclic) bond motifs is 1. The van der Waals surface area contributed by atoms with Crippen molar-refractivity contribution < 1.29 is 4.79 Å². The Morgan fingerprint density at radius 3 is 2.69 bits per heavy atom. The number of nitrogens with two attached hydrogens (primary N) is 1. The average molecular weight is 256 g/mol. The summed E-state index contributed by atoms with van der Waals surface area (Å²) in [7, 11) is 0. The maximum Gasteiger partial charge on any atom is 0.259 e. The van der Waals surface area contributed by atoms with Gasteiger partial charge in [-0.2, -0.15) is 0 Å². The van der Waals surface area contributed by atoms with Gasteiger partial charge in [0.2, 0.25) is 0 Å². The van der Waals surface area contributed by atoms with Crippen molar-refractivity contribution in [1.29, 1.82) is 0 Å². The molecule has 0 radical (unpaired) electrons. The van der Waals surface area contributed by atoms with Crippen LogP contribution in [0.4, 0.5) is 0 Å². The van der Waals surface area contributed by atoms with Gasteiger partial charge in [0.25, 0.3) is 5.91 Å². The van der Waals surface area contributed by atoms with Gasteiger partial charge in [0.1, 0.15) is 4.88 Å². The van der Waals surface area contributed by atoms with Gasteiger partial charge in [0, 0.05) is 14.6 Å². The minimum absolute atomic E-state index is 0.381. The number of hydrogen-bond donors (Lipinski definition) is 1. The molecule has 2 rings (SSSR count). The van der Waals surface area contributed by atoms with Gasteiger partial charge >= 0.3 is 0 Å². The number of benzene rings is 1. The molecule has 2 aromatic rings. The lowest BCUT2D eigenvalue weighted by molar-refractivity contribution is 0.100. The van der Waals surface area contributed by atoms with Crippen LogP contribution in [0.1, 0.15) is 9.67 Å². The third kappa shape index (κ3) is 1.36. The Kier molecular flexibility index (Phi) is 2.09. The van der Waals surface area contributed by atoms with Crippen molar-refractivity contribution in [3.8, 4) is 0 Å². The van der Waals surface area contributed by atoms with Gasteiger partial charge in [-0.15, -0.1) is 11.3 Å². The first-order valence-corrected chi connectivity index (χ1v) is 5.28. The van der Waals surface area contributed by atoms with Crippen molar-refractivity contribution >= 4 is 43.3 Å². The van der Waals surface area contributed by atoms with Crippen molar-refractivity contribution in [3.63, 3.8) is 0 Å². The van der Waals surface area contributed by atoms with Crippen LogP contribution in [0.5, 0.6) is 0 Å².